The molecule has 0 aromatic heterocycles. The summed E-state index contributed by atoms with van der Waals surface area (Å²) >= 11 is 0. The number of hydrogen-bond donors (Lipinski definition) is 1. The van der Waals surface area contributed by atoms with Gasteiger partial charge in [-0.15, -0.1) is 0 Å². The summed E-state index contributed by atoms with van der Waals surface area (Å²) in [6.07, 6.45) is 4.82. The first-order chi connectivity index (χ1) is 13.2. The molecule has 0 spiro atoms. The van der Waals surface area contributed by atoms with Crippen molar-refractivity contribution in [3.63, 3.8) is 0 Å². The van der Waals surface area contributed by atoms with Crippen LogP contribution < -0.4 is 5.32 Å². The number of hydrogen-bond acceptors (Lipinski definition) is 3. The summed E-state index contributed by atoms with van der Waals surface area (Å²) in [5, 5.41) is 3.07. The lowest BCUT2D eigenvalue weighted by Crippen LogP contribution is -2.38. The molecule has 1 amide bonds. The molecular weight excluding hydrogens is 338 g/mol. The molecule has 1 aliphatic heterocycles. The fraction of sp³-hybridized carbons (Fsp3) is 0.304. The van der Waals surface area contributed by atoms with Crippen LogP contribution >= 0.6 is 0 Å². The molecule has 0 bridgehead atoms. The zero-order valence-electron chi connectivity index (χ0n) is 15.2. The normalized spacial score (nSPS) is 20.4. The lowest BCUT2D eigenvalue weighted by atomic mass is 9.91. The number of rotatable bonds is 4. The molecule has 2 aromatic rings. The second kappa shape index (κ2) is 7.78. The van der Waals surface area contributed by atoms with Crippen molar-refractivity contribution in [2.24, 2.45) is 0 Å². The standard InChI is InChI=1S/C23H23NO3/c25-22(24-18-14-8-3-9-15-18)20-19(16-10-4-1-5-11-16)21(27-23(20)26)17-12-6-2-7-13-17/h1-2,4-7,10-13,18,21H,3,8-9,14-15H2,(H,24,25). The van der Waals surface area contributed by atoms with Crippen molar-refractivity contribution in [3.8, 4) is 0 Å². The number of carbonyl (C=O) groups is 2. The van der Waals surface area contributed by atoms with Gasteiger partial charge in [-0.1, -0.05) is 79.9 Å². The number of cyclic esters (lactones) is 1. The van der Waals surface area contributed by atoms with Crippen LogP contribution in [0.2, 0.25) is 0 Å². The number of nitrogens with one attached hydrogen (secondary N) is 1. The highest BCUT2D eigenvalue weighted by Crippen LogP contribution is 2.41. The molecular formula is C23H23NO3. The maximum atomic E-state index is 13.0. The summed E-state index contributed by atoms with van der Waals surface area (Å²) in [5.41, 5.74) is 2.50. The number of benzene rings is 2. The minimum Gasteiger partial charge on any atom is -0.449 e. The predicted octanol–water partition coefficient (Wildman–Crippen LogP) is 4.19. The minimum absolute atomic E-state index is 0.138. The van der Waals surface area contributed by atoms with E-state index in [2.05, 4.69) is 5.32 Å². The molecule has 27 heavy (non-hydrogen) atoms. The van der Waals surface area contributed by atoms with Crippen LogP contribution in [0.15, 0.2) is 66.2 Å². The van der Waals surface area contributed by atoms with E-state index < -0.39 is 12.1 Å². The van der Waals surface area contributed by atoms with Gasteiger partial charge in [0.15, 0.2) is 6.10 Å². The minimum atomic E-state index is -0.562. The van der Waals surface area contributed by atoms with E-state index in [-0.39, 0.29) is 17.5 Å². The first kappa shape index (κ1) is 17.5. The van der Waals surface area contributed by atoms with Gasteiger partial charge in [-0.3, -0.25) is 4.79 Å². The maximum absolute atomic E-state index is 13.0. The molecule has 1 N–H and O–H groups in total. The Morgan fingerprint density at radius 2 is 1.52 bits per heavy atom. The fourth-order valence-electron chi connectivity index (χ4n) is 3.96. The molecule has 138 valence electrons. The van der Waals surface area contributed by atoms with Gasteiger partial charge >= 0.3 is 5.97 Å². The van der Waals surface area contributed by atoms with Gasteiger partial charge in [0.25, 0.3) is 5.91 Å². The van der Waals surface area contributed by atoms with Crippen molar-refractivity contribution < 1.29 is 14.3 Å². The predicted molar refractivity (Wildman–Crippen MR) is 104 cm³/mol. The average molecular weight is 361 g/mol. The second-order valence-electron chi connectivity index (χ2n) is 7.16. The topological polar surface area (TPSA) is 55.4 Å². The summed E-state index contributed by atoms with van der Waals surface area (Å²) in [7, 11) is 0. The zero-order chi connectivity index (χ0) is 18.6. The van der Waals surface area contributed by atoms with E-state index >= 15 is 0 Å². The van der Waals surface area contributed by atoms with Crippen LogP contribution in [0.5, 0.6) is 0 Å². The molecule has 2 aromatic carbocycles. The summed E-state index contributed by atoms with van der Waals surface area (Å²) in [6, 6.07) is 19.3. The molecule has 1 heterocycles. The summed E-state index contributed by atoms with van der Waals surface area (Å²) in [6.45, 7) is 0. The Hall–Kier alpha value is -2.88. The quantitative estimate of drug-likeness (QED) is 0.656. The van der Waals surface area contributed by atoms with Crippen LogP contribution in [0, 0.1) is 0 Å². The Bertz CT molecular complexity index is 852. The Morgan fingerprint density at radius 1 is 0.889 bits per heavy atom. The van der Waals surface area contributed by atoms with Crippen molar-refractivity contribution in [1.29, 1.82) is 0 Å². The third kappa shape index (κ3) is 3.65. The molecule has 2 aliphatic rings. The van der Waals surface area contributed by atoms with Gasteiger partial charge in [0.05, 0.1) is 0 Å². The first-order valence-corrected chi connectivity index (χ1v) is 9.60. The highest BCUT2D eigenvalue weighted by molar-refractivity contribution is 6.24. The highest BCUT2D eigenvalue weighted by atomic mass is 16.5. The van der Waals surface area contributed by atoms with Crippen LogP contribution in [0.4, 0.5) is 0 Å². The number of amides is 1. The molecule has 1 atom stereocenters. The van der Waals surface area contributed by atoms with Crippen molar-refractivity contribution in [2.45, 2.75) is 44.2 Å². The molecule has 1 saturated carbocycles. The monoisotopic (exact) mass is 361 g/mol. The van der Waals surface area contributed by atoms with Gasteiger partial charge in [0.1, 0.15) is 5.57 Å². The van der Waals surface area contributed by atoms with Crippen molar-refractivity contribution in [3.05, 3.63) is 77.4 Å². The number of esters is 1. The van der Waals surface area contributed by atoms with Gasteiger partial charge in [-0.2, -0.15) is 0 Å². The van der Waals surface area contributed by atoms with E-state index in [0.29, 0.717) is 5.57 Å². The fourth-order valence-corrected chi connectivity index (χ4v) is 3.96. The molecule has 4 nitrogen and oxygen atoms in total. The van der Waals surface area contributed by atoms with Gasteiger partial charge < -0.3 is 10.1 Å². The molecule has 4 heteroatoms. The van der Waals surface area contributed by atoms with E-state index in [0.717, 1.165) is 36.8 Å². The summed E-state index contributed by atoms with van der Waals surface area (Å²) < 4.78 is 5.66. The third-order valence-electron chi connectivity index (χ3n) is 5.32. The van der Waals surface area contributed by atoms with Gasteiger partial charge in [0, 0.05) is 11.6 Å². The van der Waals surface area contributed by atoms with Crippen LogP contribution in [0.25, 0.3) is 5.57 Å². The maximum Gasteiger partial charge on any atom is 0.345 e. The summed E-state index contributed by atoms with van der Waals surface area (Å²) in [5.74, 6) is -0.861. The van der Waals surface area contributed by atoms with Gasteiger partial charge in [0.2, 0.25) is 0 Å². The van der Waals surface area contributed by atoms with Crippen molar-refractivity contribution >= 4 is 17.4 Å². The van der Waals surface area contributed by atoms with Crippen LogP contribution in [-0.2, 0) is 14.3 Å². The second-order valence-corrected chi connectivity index (χ2v) is 7.16. The van der Waals surface area contributed by atoms with Crippen molar-refractivity contribution in [2.75, 3.05) is 0 Å². The smallest absolute Gasteiger partial charge is 0.345 e. The Balaban J connectivity index is 1.73. The molecule has 0 saturated heterocycles. The van der Waals surface area contributed by atoms with E-state index in [9.17, 15) is 9.59 Å². The molecule has 1 fully saturated rings. The number of ether oxygens (including phenoxy) is 1. The Labute approximate surface area is 159 Å². The van der Waals surface area contributed by atoms with E-state index in [4.69, 9.17) is 4.74 Å². The number of carbonyl (C=O) groups excluding carboxylic acids is 2. The molecule has 4 rings (SSSR count). The van der Waals surface area contributed by atoms with Crippen LogP contribution in [-0.4, -0.2) is 17.9 Å². The van der Waals surface area contributed by atoms with E-state index in [1.54, 1.807) is 0 Å². The largest absolute Gasteiger partial charge is 0.449 e. The lowest BCUT2D eigenvalue weighted by Gasteiger charge is -2.22. The van der Waals surface area contributed by atoms with E-state index in [1.807, 2.05) is 60.7 Å². The first-order valence-electron chi connectivity index (χ1n) is 9.60. The third-order valence-corrected chi connectivity index (χ3v) is 5.32. The Kier molecular flexibility index (Phi) is 5.05. The zero-order valence-corrected chi connectivity index (χ0v) is 15.2. The molecule has 1 unspecified atom stereocenters. The molecule has 0 radical (unpaired) electrons. The Morgan fingerprint density at radius 3 is 2.19 bits per heavy atom. The van der Waals surface area contributed by atoms with Crippen LogP contribution in [0.3, 0.4) is 0 Å². The van der Waals surface area contributed by atoms with Crippen molar-refractivity contribution in [1.82, 2.24) is 5.32 Å². The highest BCUT2D eigenvalue weighted by Gasteiger charge is 2.40. The summed E-state index contributed by atoms with van der Waals surface area (Å²) in [4.78, 5) is 25.7. The van der Waals surface area contributed by atoms with Gasteiger partial charge in [-0.05, 0) is 24.0 Å². The average Bonchev–Trinajstić information content (AvgIpc) is 3.07. The molecule has 1 aliphatic carbocycles. The van der Waals surface area contributed by atoms with Crippen LogP contribution in [0.1, 0.15) is 49.3 Å². The lowest BCUT2D eigenvalue weighted by molar-refractivity contribution is -0.141. The van der Waals surface area contributed by atoms with E-state index in [1.165, 1.54) is 6.42 Å². The van der Waals surface area contributed by atoms with Gasteiger partial charge in [-0.25, -0.2) is 4.79 Å². The SMILES string of the molecule is O=C(NC1CCCCC1)C1=C(c2ccccc2)C(c2ccccc2)OC1=O.